The Kier molecular flexibility index (Phi) is 6.39. The van der Waals surface area contributed by atoms with Crippen LogP contribution < -0.4 is 29.6 Å². The Morgan fingerprint density at radius 3 is 2.32 bits per heavy atom. The van der Waals surface area contributed by atoms with Gasteiger partial charge in [-0.2, -0.15) is 0 Å². The number of phenols is 1. The molecule has 0 unspecified atom stereocenters. The predicted octanol–water partition coefficient (Wildman–Crippen LogP) is 1.93. The SMILES string of the molecule is O=[N+]([O-])c1ccc2c(N=Nc3c(O)ccc4ccccc34)ccc(S(=O)(=O)[O-])c2c1.[Na+]. The van der Waals surface area contributed by atoms with Crippen molar-refractivity contribution in [2.45, 2.75) is 4.90 Å². The van der Waals surface area contributed by atoms with Crippen molar-refractivity contribution in [3.63, 3.8) is 0 Å². The van der Waals surface area contributed by atoms with E-state index in [0.29, 0.717) is 5.39 Å². The van der Waals surface area contributed by atoms with Crippen molar-refractivity contribution < 1.29 is 52.6 Å². The summed E-state index contributed by atoms with van der Waals surface area (Å²) < 4.78 is 34.8. The summed E-state index contributed by atoms with van der Waals surface area (Å²) >= 11 is 0. The third kappa shape index (κ3) is 4.43. The predicted molar refractivity (Wildman–Crippen MR) is 108 cm³/mol. The second-order valence-electron chi connectivity index (χ2n) is 6.38. The molecule has 0 amide bonds. The van der Waals surface area contributed by atoms with Gasteiger partial charge in [0.05, 0.1) is 15.5 Å². The summed E-state index contributed by atoms with van der Waals surface area (Å²) in [5, 5.41) is 31.1. The number of benzene rings is 4. The van der Waals surface area contributed by atoms with Crippen LogP contribution in [0.4, 0.5) is 17.1 Å². The fraction of sp³-hybridized carbons (Fsp3) is 0. The number of nitro groups is 1. The summed E-state index contributed by atoms with van der Waals surface area (Å²) in [6.07, 6.45) is 0. The van der Waals surface area contributed by atoms with Crippen LogP contribution in [0.2, 0.25) is 0 Å². The van der Waals surface area contributed by atoms with Crippen LogP contribution in [0.25, 0.3) is 21.5 Å². The molecule has 0 aliphatic heterocycles. The van der Waals surface area contributed by atoms with Gasteiger partial charge in [0, 0.05) is 28.3 Å². The van der Waals surface area contributed by atoms with E-state index >= 15 is 0 Å². The summed E-state index contributed by atoms with van der Waals surface area (Å²) in [5.74, 6) is -0.101. The molecule has 4 aromatic rings. The van der Waals surface area contributed by atoms with Crippen LogP contribution in [-0.4, -0.2) is 23.0 Å². The number of fused-ring (bicyclic) bond motifs is 2. The number of hydrogen-bond donors (Lipinski definition) is 1. The normalized spacial score (nSPS) is 11.6. The Morgan fingerprint density at radius 2 is 1.61 bits per heavy atom. The maximum atomic E-state index is 11.6. The summed E-state index contributed by atoms with van der Waals surface area (Å²) in [4.78, 5) is 9.79. The molecule has 11 heteroatoms. The average Bonchev–Trinajstić information content (AvgIpc) is 2.71. The third-order valence-electron chi connectivity index (χ3n) is 4.55. The second kappa shape index (κ2) is 8.69. The van der Waals surface area contributed by atoms with Gasteiger partial charge in [-0.15, -0.1) is 10.2 Å². The van der Waals surface area contributed by atoms with Gasteiger partial charge < -0.3 is 9.66 Å². The van der Waals surface area contributed by atoms with Crippen molar-refractivity contribution in [3.8, 4) is 5.75 Å². The Hall–Kier alpha value is -2.89. The number of hydrogen-bond acceptors (Lipinski definition) is 8. The zero-order valence-corrected chi connectivity index (χ0v) is 18.9. The smallest absolute Gasteiger partial charge is 0.744 e. The van der Waals surface area contributed by atoms with Gasteiger partial charge in [-0.1, -0.05) is 30.3 Å². The number of azo groups is 1. The van der Waals surface area contributed by atoms with Crippen molar-refractivity contribution in [3.05, 3.63) is 76.8 Å². The van der Waals surface area contributed by atoms with Crippen molar-refractivity contribution in [2.24, 2.45) is 10.2 Å². The zero-order valence-electron chi connectivity index (χ0n) is 16.1. The standard InChI is InChI=1S/C20H13N3O6S.Na/c24-18-9-5-12-3-1-2-4-14(12)20(18)22-21-17-8-10-19(30(27,28)29)16-11-13(23(25)26)6-7-15(16)17;/h1-11,24H,(H,27,28,29);/q;+1/p-1. The molecule has 0 heterocycles. The minimum absolute atomic E-state index is 0. The molecule has 31 heavy (non-hydrogen) atoms. The molecule has 0 saturated heterocycles. The van der Waals surface area contributed by atoms with E-state index in [0.717, 1.165) is 17.5 Å². The molecular weight excluding hydrogens is 433 g/mol. The molecule has 0 aliphatic carbocycles. The number of nitrogens with zero attached hydrogens (tertiary/aromatic N) is 3. The van der Waals surface area contributed by atoms with Gasteiger partial charge in [0.2, 0.25) is 0 Å². The molecule has 0 spiro atoms. The molecule has 0 radical (unpaired) electrons. The maximum absolute atomic E-state index is 11.6. The minimum atomic E-state index is -4.88. The van der Waals surface area contributed by atoms with E-state index in [2.05, 4.69) is 10.2 Å². The van der Waals surface area contributed by atoms with E-state index in [1.54, 1.807) is 18.2 Å². The molecule has 4 rings (SSSR count). The molecular formula is C20H12N3NaO6S. The first-order chi connectivity index (χ1) is 14.3. The molecule has 9 nitrogen and oxygen atoms in total. The average molecular weight is 445 g/mol. The van der Waals surface area contributed by atoms with E-state index < -0.39 is 19.9 Å². The summed E-state index contributed by atoms with van der Waals surface area (Å²) in [5.41, 5.74) is 0.0245. The fourth-order valence-corrected chi connectivity index (χ4v) is 3.84. The van der Waals surface area contributed by atoms with Crippen molar-refractivity contribution in [2.75, 3.05) is 0 Å². The summed E-state index contributed by atoms with van der Waals surface area (Å²) in [7, 11) is -4.88. The summed E-state index contributed by atoms with van der Waals surface area (Å²) in [6, 6.07) is 16.2. The first kappa shape index (κ1) is 22.8. The number of phenolic OH excluding ortho intramolecular Hbond substituents is 1. The van der Waals surface area contributed by atoms with Gasteiger partial charge in [-0.05, 0) is 29.7 Å². The maximum Gasteiger partial charge on any atom is 1.00 e. The Morgan fingerprint density at radius 1 is 0.871 bits per heavy atom. The van der Waals surface area contributed by atoms with Crippen molar-refractivity contribution in [1.82, 2.24) is 0 Å². The molecule has 0 aliphatic rings. The molecule has 0 saturated carbocycles. The third-order valence-corrected chi connectivity index (χ3v) is 5.45. The van der Waals surface area contributed by atoms with E-state index in [-0.39, 0.29) is 63.1 Å². The van der Waals surface area contributed by atoms with Gasteiger partial charge in [0.15, 0.2) is 0 Å². The van der Waals surface area contributed by atoms with Gasteiger partial charge in [-0.25, -0.2) is 8.42 Å². The number of aromatic hydroxyl groups is 1. The number of nitro benzene ring substituents is 1. The van der Waals surface area contributed by atoms with Gasteiger partial charge in [0.1, 0.15) is 21.6 Å². The topological polar surface area (TPSA) is 145 Å². The van der Waals surface area contributed by atoms with E-state index in [1.165, 1.54) is 24.3 Å². The molecule has 0 atom stereocenters. The molecule has 1 N–H and O–H groups in total. The quantitative estimate of drug-likeness (QED) is 0.167. The Labute approximate surface area is 198 Å². The molecule has 150 valence electrons. The van der Waals surface area contributed by atoms with Crippen molar-refractivity contribution in [1.29, 1.82) is 0 Å². The van der Waals surface area contributed by atoms with Crippen molar-refractivity contribution >= 4 is 48.7 Å². The number of non-ortho nitro benzene ring substituents is 1. The number of rotatable bonds is 4. The summed E-state index contributed by atoms with van der Waals surface area (Å²) in [6.45, 7) is 0. The Bertz CT molecular complexity index is 1470. The Balaban J connectivity index is 0.00000272. The molecule has 0 bridgehead atoms. The van der Waals surface area contributed by atoms with E-state index in [1.807, 2.05) is 12.1 Å². The van der Waals surface area contributed by atoms with Gasteiger partial charge in [0.25, 0.3) is 5.69 Å². The molecule has 0 aromatic heterocycles. The first-order valence-corrected chi connectivity index (χ1v) is 9.96. The largest absolute Gasteiger partial charge is 1.00 e. The van der Waals surface area contributed by atoms with Gasteiger partial charge in [-0.3, -0.25) is 10.1 Å². The zero-order chi connectivity index (χ0) is 21.5. The van der Waals surface area contributed by atoms with Crippen LogP contribution >= 0.6 is 0 Å². The van der Waals surface area contributed by atoms with E-state index in [4.69, 9.17) is 0 Å². The van der Waals surface area contributed by atoms with Crippen LogP contribution in [0.1, 0.15) is 0 Å². The van der Waals surface area contributed by atoms with Gasteiger partial charge >= 0.3 is 29.6 Å². The fourth-order valence-electron chi connectivity index (χ4n) is 3.16. The van der Waals surface area contributed by atoms with Crippen LogP contribution in [0.15, 0.2) is 81.9 Å². The minimum Gasteiger partial charge on any atom is -0.744 e. The molecule has 4 aromatic carbocycles. The monoisotopic (exact) mass is 445 g/mol. The van der Waals surface area contributed by atoms with Crippen LogP contribution in [0.5, 0.6) is 5.75 Å². The van der Waals surface area contributed by atoms with E-state index in [9.17, 15) is 28.2 Å². The molecule has 0 fully saturated rings. The van der Waals surface area contributed by atoms with Crippen LogP contribution in [0.3, 0.4) is 0 Å². The second-order valence-corrected chi connectivity index (χ2v) is 7.73. The first-order valence-electron chi connectivity index (χ1n) is 8.55. The van der Waals surface area contributed by atoms with Crippen LogP contribution in [-0.2, 0) is 10.1 Å². The van der Waals surface area contributed by atoms with Crippen LogP contribution in [0, 0.1) is 10.1 Å².